The lowest BCUT2D eigenvalue weighted by Crippen LogP contribution is -2.29. The molecule has 0 spiro atoms. The average molecular weight is 344 g/mol. The number of nitrogens with one attached hydrogen (secondary N) is 2. The summed E-state index contributed by atoms with van der Waals surface area (Å²) in [5.41, 5.74) is 3.66. The van der Waals surface area contributed by atoms with Gasteiger partial charge in [0.1, 0.15) is 0 Å². The van der Waals surface area contributed by atoms with Crippen LogP contribution in [0.25, 0.3) is 0 Å². The Morgan fingerprint density at radius 2 is 1.92 bits per heavy atom. The lowest BCUT2D eigenvalue weighted by molar-refractivity contribution is 0.0527. The second kappa shape index (κ2) is 8.32. The number of amides is 2. The maximum atomic E-state index is 12.2. The van der Waals surface area contributed by atoms with Crippen LogP contribution < -0.4 is 10.6 Å². The number of para-hydroxylation sites is 1. The first-order valence-electron chi connectivity index (χ1n) is 8.31. The van der Waals surface area contributed by atoms with Crippen LogP contribution in [0.3, 0.4) is 0 Å². The van der Waals surface area contributed by atoms with E-state index in [1.54, 1.807) is 31.2 Å². The van der Waals surface area contributed by atoms with Crippen LogP contribution in [0.1, 0.15) is 41.2 Å². The number of esters is 1. The summed E-state index contributed by atoms with van der Waals surface area (Å²) < 4.78 is 6.91. The molecule has 0 fully saturated rings. The van der Waals surface area contributed by atoms with Gasteiger partial charge in [0.15, 0.2) is 0 Å². The van der Waals surface area contributed by atoms with Crippen molar-refractivity contribution < 1.29 is 14.3 Å². The van der Waals surface area contributed by atoms with E-state index >= 15 is 0 Å². The summed E-state index contributed by atoms with van der Waals surface area (Å²) in [7, 11) is 0. The number of hydrogen-bond donors (Lipinski definition) is 2. The molecule has 1 heterocycles. The van der Waals surface area contributed by atoms with E-state index in [0.29, 0.717) is 17.8 Å². The minimum atomic E-state index is -0.464. The van der Waals surface area contributed by atoms with E-state index in [0.717, 1.165) is 23.5 Å². The van der Waals surface area contributed by atoms with E-state index in [1.807, 2.05) is 25.5 Å². The Kier molecular flexibility index (Phi) is 6.16. The molecule has 0 bridgehead atoms. The third kappa shape index (κ3) is 4.37. The van der Waals surface area contributed by atoms with Crippen LogP contribution in [0, 0.1) is 13.8 Å². The van der Waals surface area contributed by atoms with Gasteiger partial charge in [0.05, 0.1) is 23.6 Å². The van der Waals surface area contributed by atoms with Gasteiger partial charge in [-0.25, -0.2) is 9.59 Å². The second-order valence-corrected chi connectivity index (χ2v) is 5.54. The minimum absolute atomic E-state index is 0.277. The number of carbonyl (C=O) groups is 2. The first-order valence-corrected chi connectivity index (χ1v) is 8.31. The number of ether oxygens (including phenoxy) is 1. The van der Waals surface area contributed by atoms with Crippen molar-refractivity contribution in [2.24, 2.45) is 0 Å². The fourth-order valence-electron chi connectivity index (χ4n) is 2.61. The molecule has 0 radical (unpaired) electrons. The van der Waals surface area contributed by atoms with E-state index in [2.05, 4.69) is 15.7 Å². The van der Waals surface area contributed by atoms with Crippen LogP contribution in [-0.2, 0) is 17.8 Å². The third-order valence-corrected chi connectivity index (χ3v) is 3.93. The summed E-state index contributed by atoms with van der Waals surface area (Å²) >= 11 is 0. The van der Waals surface area contributed by atoms with Crippen molar-refractivity contribution >= 4 is 17.7 Å². The predicted octanol–water partition coefficient (Wildman–Crippen LogP) is 3.02. The molecule has 0 aliphatic carbocycles. The fraction of sp³-hybridized carbons (Fsp3) is 0.389. The van der Waals surface area contributed by atoms with Crippen LogP contribution in [0.2, 0.25) is 0 Å². The summed E-state index contributed by atoms with van der Waals surface area (Å²) in [5.74, 6) is -0.464. The smallest absolute Gasteiger partial charge is 0.340 e. The second-order valence-electron chi connectivity index (χ2n) is 5.54. The third-order valence-electron chi connectivity index (χ3n) is 3.93. The lowest BCUT2D eigenvalue weighted by Gasteiger charge is -2.11. The molecule has 2 rings (SSSR count). The Hall–Kier alpha value is -2.83. The highest BCUT2D eigenvalue weighted by molar-refractivity contribution is 6.00. The van der Waals surface area contributed by atoms with Crippen molar-refractivity contribution in [1.82, 2.24) is 15.1 Å². The van der Waals surface area contributed by atoms with E-state index in [4.69, 9.17) is 4.74 Å². The van der Waals surface area contributed by atoms with Crippen LogP contribution in [0.4, 0.5) is 10.5 Å². The molecule has 0 atom stereocenters. The van der Waals surface area contributed by atoms with Crippen LogP contribution in [-0.4, -0.2) is 28.4 Å². The SMILES string of the molecule is CCOC(=O)c1ccccc1NC(=O)NCc1c(C)nn(CC)c1C. The number of anilines is 1. The van der Waals surface area contributed by atoms with E-state index < -0.39 is 5.97 Å². The highest BCUT2D eigenvalue weighted by atomic mass is 16.5. The molecule has 2 amide bonds. The van der Waals surface area contributed by atoms with E-state index in [-0.39, 0.29) is 12.6 Å². The number of aromatic nitrogens is 2. The Bertz CT molecular complexity index is 768. The molecule has 0 saturated carbocycles. The number of hydrogen-bond acceptors (Lipinski definition) is 4. The zero-order chi connectivity index (χ0) is 18.4. The number of rotatable bonds is 6. The molecule has 7 nitrogen and oxygen atoms in total. The summed E-state index contributed by atoms with van der Waals surface area (Å²) in [4.78, 5) is 24.2. The van der Waals surface area contributed by atoms with Crippen LogP contribution in [0.15, 0.2) is 24.3 Å². The number of carbonyl (C=O) groups excluding carboxylic acids is 2. The summed E-state index contributed by atoms with van der Waals surface area (Å²) in [5, 5.41) is 9.94. The molecule has 2 N–H and O–H groups in total. The standard InChI is InChI=1S/C18H24N4O3/c1-5-22-13(4)15(12(3)21-22)11-19-18(24)20-16-10-8-7-9-14(16)17(23)25-6-2/h7-10H,5-6,11H2,1-4H3,(H2,19,20,24). The quantitative estimate of drug-likeness (QED) is 0.789. The maximum absolute atomic E-state index is 12.2. The van der Waals surface area contributed by atoms with Gasteiger partial charge in [0.2, 0.25) is 0 Å². The largest absolute Gasteiger partial charge is 0.462 e. The maximum Gasteiger partial charge on any atom is 0.340 e. The first kappa shape index (κ1) is 18.5. The fourth-order valence-corrected chi connectivity index (χ4v) is 2.61. The van der Waals surface area contributed by atoms with Gasteiger partial charge >= 0.3 is 12.0 Å². The molecule has 1 aromatic heterocycles. The van der Waals surface area contributed by atoms with Gasteiger partial charge in [-0.2, -0.15) is 5.10 Å². The zero-order valence-electron chi connectivity index (χ0n) is 15.0. The van der Waals surface area contributed by atoms with Gasteiger partial charge in [0.25, 0.3) is 0 Å². The number of benzene rings is 1. The van der Waals surface area contributed by atoms with Crippen molar-refractivity contribution in [3.05, 3.63) is 46.8 Å². The van der Waals surface area contributed by atoms with Crippen molar-refractivity contribution in [2.45, 2.75) is 40.8 Å². The first-order chi connectivity index (χ1) is 12.0. The van der Waals surface area contributed by atoms with Gasteiger partial charge in [-0.15, -0.1) is 0 Å². The zero-order valence-corrected chi connectivity index (χ0v) is 15.0. The summed E-state index contributed by atoms with van der Waals surface area (Å²) in [6.45, 7) is 9.09. The summed E-state index contributed by atoms with van der Waals surface area (Å²) in [6.07, 6.45) is 0. The van der Waals surface area contributed by atoms with E-state index in [9.17, 15) is 9.59 Å². The summed E-state index contributed by atoms with van der Waals surface area (Å²) in [6, 6.07) is 6.36. The Morgan fingerprint density at radius 3 is 2.56 bits per heavy atom. The van der Waals surface area contributed by atoms with Gasteiger partial charge in [-0.05, 0) is 39.8 Å². The molecule has 25 heavy (non-hydrogen) atoms. The minimum Gasteiger partial charge on any atom is -0.462 e. The Balaban J connectivity index is 2.04. The molecular formula is C18H24N4O3. The number of aryl methyl sites for hydroxylation is 2. The molecule has 0 aliphatic heterocycles. The van der Waals surface area contributed by atoms with Gasteiger partial charge in [0, 0.05) is 24.3 Å². The normalized spacial score (nSPS) is 10.4. The highest BCUT2D eigenvalue weighted by Crippen LogP contribution is 2.17. The Morgan fingerprint density at radius 1 is 1.20 bits per heavy atom. The molecule has 0 aliphatic rings. The number of urea groups is 1. The van der Waals surface area contributed by atoms with Gasteiger partial charge < -0.3 is 15.4 Å². The Labute approximate surface area is 147 Å². The average Bonchev–Trinajstić information content (AvgIpc) is 2.87. The van der Waals surface area contributed by atoms with Crippen LogP contribution >= 0.6 is 0 Å². The molecule has 0 unspecified atom stereocenters. The molecule has 2 aromatic rings. The van der Waals surface area contributed by atoms with E-state index in [1.165, 1.54) is 0 Å². The molecular weight excluding hydrogens is 320 g/mol. The van der Waals surface area contributed by atoms with Gasteiger partial charge in [-0.3, -0.25) is 4.68 Å². The molecule has 1 aromatic carbocycles. The molecule has 0 saturated heterocycles. The van der Waals surface area contributed by atoms with Crippen molar-refractivity contribution in [3.63, 3.8) is 0 Å². The molecule has 7 heteroatoms. The lowest BCUT2D eigenvalue weighted by atomic mass is 10.2. The van der Waals surface area contributed by atoms with Crippen molar-refractivity contribution in [3.8, 4) is 0 Å². The monoisotopic (exact) mass is 344 g/mol. The van der Waals surface area contributed by atoms with Crippen molar-refractivity contribution in [1.29, 1.82) is 0 Å². The highest BCUT2D eigenvalue weighted by Gasteiger charge is 2.15. The number of nitrogens with zero attached hydrogens (tertiary/aromatic N) is 2. The predicted molar refractivity (Wildman–Crippen MR) is 95.6 cm³/mol. The van der Waals surface area contributed by atoms with Crippen molar-refractivity contribution in [2.75, 3.05) is 11.9 Å². The molecule has 134 valence electrons. The topological polar surface area (TPSA) is 85.2 Å². The van der Waals surface area contributed by atoms with Gasteiger partial charge in [-0.1, -0.05) is 12.1 Å². The van der Waals surface area contributed by atoms with Crippen LogP contribution in [0.5, 0.6) is 0 Å².